The molecule has 0 fully saturated rings. The fourth-order valence-electron chi connectivity index (χ4n) is 2.01. The molecule has 2 aromatic rings. The monoisotopic (exact) mass is 335 g/mol. The molecule has 23 heavy (non-hydrogen) atoms. The number of hydrogen-bond donors (Lipinski definition) is 2. The number of nitrogens with one attached hydrogen (secondary N) is 2. The molecule has 0 spiro atoms. The van der Waals surface area contributed by atoms with Crippen LogP contribution in [0.3, 0.4) is 0 Å². The van der Waals surface area contributed by atoms with Crippen LogP contribution in [0.15, 0.2) is 52.1 Å². The summed E-state index contributed by atoms with van der Waals surface area (Å²) in [6, 6.07) is 11.2. The lowest BCUT2D eigenvalue weighted by Crippen LogP contribution is -2.42. The van der Waals surface area contributed by atoms with Crippen molar-refractivity contribution in [3.8, 4) is 5.75 Å². The maximum absolute atomic E-state index is 5.86. The Morgan fingerprint density at radius 2 is 2.04 bits per heavy atom. The van der Waals surface area contributed by atoms with Crippen LogP contribution >= 0.6 is 11.6 Å². The molecular formula is C17H22ClN3O2. The van der Waals surface area contributed by atoms with E-state index in [9.17, 15) is 0 Å². The first kappa shape index (κ1) is 17.2. The third kappa shape index (κ3) is 6.24. The van der Waals surface area contributed by atoms with E-state index in [2.05, 4.69) is 15.6 Å². The Balaban J connectivity index is 1.68. The number of ether oxygens (including phenoxy) is 1. The Labute approximate surface area is 141 Å². The SMILES string of the molecule is CN=C(NCCc1ccco1)NCC(C)Oc1ccc(Cl)cc1. The highest BCUT2D eigenvalue weighted by Crippen LogP contribution is 2.16. The largest absolute Gasteiger partial charge is 0.489 e. The van der Waals surface area contributed by atoms with Crippen molar-refractivity contribution in [3.05, 3.63) is 53.4 Å². The molecule has 0 saturated carbocycles. The molecule has 1 aromatic carbocycles. The molecule has 0 radical (unpaired) electrons. The number of benzene rings is 1. The molecule has 1 heterocycles. The first-order chi connectivity index (χ1) is 11.2. The van der Waals surface area contributed by atoms with Crippen LogP contribution in [-0.4, -0.2) is 32.2 Å². The van der Waals surface area contributed by atoms with Gasteiger partial charge in [-0.25, -0.2) is 0 Å². The molecule has 1 aromatic heterocycles. The van der Waals surface area contributed by atoms with Gasteiger partial charge in [0.1, 0.15) is 17.6 Å². The first-order valence-electron chi connectivity index (χ1n) is 7.56. The molecule has 0 aliphatic carbocycles. The minimum absolute atomic E-state index is 0.000186. The molecular weight excluding hydrogens is 314 g/mol. The van der Waals surface area contributed by atoms with Gasteiger partial charge in [-0.2, -0.15) is 0 Å². The lowest BCUT2D eigenvalue weighted by molar-refractivity contribution is 0.224. The molecule has 1 unspecified atom stereocenters. The molecule has 2 rings (SSSR count). The summed E-state index contributed by atoms with van der Waals surface area (Å²) in [6.07, 6.45) is 2.49. The second-order valence-electron chi connectivity index (χ2n) is 5.09. The van der Waals surface area contributed by atoms with Crippen LogP contribution in [0, 0.1) is 0 Å². The van der Waals surface area contributed by atoms with Gasteiger partial charge in [-0.05, 0) is 43.3 Å². The number of hydrogen-bond acceptors (Lipinski definition) is 3. The van der Waals surface area contributed by atoms with Gasteiger partial charge in [0.2, 0.25) is 0 Å². The van der Waals surface area contributed by atoms with Crippen molar-refractivity contribution in [1.29, 1.82) is 0 Å². The van der Waals surface area contributed by atoms with E-state index < -0.39 is 0 Å². The van der Waals surface area contributed by atoms with E-state index in [1.165, 1.54) is 0 Å². The van der Waals surface area contributed by atoms with E-state index in [-0.39, 0.29) is 6.10 Å². The van der Waals surface area contributed by atoms with Gasteiger partial charge in [0.15, 0.2) is 5.96 Å². The van der Waals surface area contributed by atoms with Crippen LogP contribution < -0.4 is 15.4 Å². The van der Waals surface area contributed by atoms with E-state index in [1.807, 2.05) is 43.3 Å². The van der Waals surface area contributed by atoms with E-state index in [4.69, 9.17) is 20.8 Å². The number of nitrogens with zero attached hydrogens (tertiary/aromatic N) is 1. The molecule has 0 bridgehead atoms. The second kappa shape index (κ2) is 9.10. The van der Waals surface area contributed by atoms with Crippen molar-refractivity contribution in [2.45, 2.75) is 19.4 Å². The number of aliphatic imine (C=N–C) groups is 1. The van der Waals surface area contributed by atoms with Gasteiger partial charge in [0.25, 0.3) is 0 Å². The van der Waals surface area contributed by atoms with E-state index in [0.29, 0.717) is 11.6 Å². The summed E-state index contributed by atoms with van der Waals surface area (Å²) in [5.74, 6) is 2.49. The third-order valence-corrected chi connectivity index (χ3v) is 3.43. The Kier molecular flexibility index (Phi) is 6.81. The minimum Gasteiger partial charge on any atom is -0.489 e. The standard InChI is InChI=1S/C17H22ClN3O2/c1-13(23-16-7-5-14(18)6-8-16)12-21-17(19-2)20-10-9-15-4-3-11-22-15/h3-8,11,13H,9-10,12H2,1-2H3,(H2,19,20,21). The molecule has 124 valence electrons. The number of furan rings is 1. The number of rotatable bonds is 7. The van der Waals surface area contributed by atoms with Gasteiger partial charge in [-0.15, -0.1) is 0 Å². The smallest absolute Gasteiger partial charge is 0.191 e. The van der Waals surface area contributed by atoms with Crippen molar-refractivity contribution >= 4 is 17.6 Å². The van der Waals surface area contributed by atoms with E-state index >= 15 is 0 Å². The summed E-state index contributed by atoms with van der Waals surface area (Å²) in [5.41, 5.74) is 0. The summed E-state index contributed by atoms with van der Waals surface area (Å²) in [5, 5.41) is 7.18. The molecule has 6 heteroatoms. The van der Waals surface area contributed by atoms with E-state index in [0.717, 1.165) is 30.4 Å². The van der Waals surface area contributed by atoms with Crippen LogP contribution in [-0.2, 0) is 6.42 Å². The third-order valence-electron chi connectivity index (χ3n) is 3.18. The summed E-state index contributed by atoms with van der Waals surface area (Å²) in [7, 11) is 1.74. The van der Waals surface area contributed by atoms with Crippen molar-refractivity contribution in [2.24, 2.45) is 4.99 Å². The highest BCUT2D eigenvalue weighted by Gasteiger charge is 2.06. The van der Waals surface area contributed by atoms with Gasteiger partial charge < -0.3 is 19.8 Å². The van der Waals surface area contributed by atoms with Crippen LogP contribution in [0.5, 0.6) is 5.75 Å². The Morgan fingerprint density at radius 3 is 2.70 bits per heavy atom. The topological polar surface area (TPSA) is 58.8 Å². The molecule has 0 aliphatic rings. The van der Waals surface area contributed by atoms with Crippen LogP contribution in [0.4, 0.5) is 0 Å². The van der Waals surface area contributed by atoms with Crippen molar-refractivity contribution in [3.63, 3.8) is 0 Å². The maximum Gasteiger partial charge on any atom is 0.191 e. The minimum atomic E-state index is -0.000186. The lowest BCUT2D eigenvalue weighted by atomic mass is 10.3. The summed E-state index contributed by atoms with van der Waals surface area (Å²) >= 11 is 5.86. The van der Waals surface area contributed by atoms with Crippen LogP contribution in [0.2, 0.25) is 5.02 Å². The Bertz CT molecular complexity index is 597. The Morgan fingerprint density at radius 1 is 1.26 bits per heavy atom. The molecule has 1 atom stereocenters. The first-order valence-corrected chi connectivity index (χ1v) is 7.94. The Hall–Kier alpha value is -2.14. The van der Waals surface area contributed by atoms with Crippen LogP contribution in [0.1, 0.15) is 12.7 Å². The van der Waals surface area contributed by atoms with Gasteiger partial charge in [0.05, 0.1) is 12.8 Å². The fraction of sp³-hybridized carbons (Fsp3) is 0.353. The van der Waals surface area contributed by atoms with Crippen molar-refractivity contribution < 1.29 is 9.15 Å². The predicted octanol–water partition coefficient (Wildman–Crippen LogP) is 3.11. The predicted molar refractivity (Wildman–Crippen MR) is 93.3 cm³/mol. The normalized spacial score (nSPS) is 12.7. The average Bonchev–Trinajstić information content (AvgIpc) is 3.06. The highest BCUT2D eigenvalue weighted by molar-refractivity contribution is 6.30. The number of guanidine groups is 1. The average molecular weight is 336 g/mol. The summed E-state index contributed by atoms with van der Waals surface area (Å²) in [4.78, 5) is 4.19. The van der Waals surface area contributed by atoms with Crippen LogP contribution in [0.25, 0.3) is 0 Å². The quantitative estimate of drug-likeness (QED) is 0.603. The number of halogens is 1. The van der Waals surface area contributed by atoms with Gasteiger partial charge >= 0.3 is 0 Å². The molecule has 0 amide bonds. The highest BCUT2D eigenvalue weighted by atomic mass is 35.5. The van der Waals surface area contributed by atoms with E-state index in [1.54, 1.807) is 13.3 Å². The van der Waals surface area contributed by atoms with Gasteiger partial charge in [-0.1, -0.05) is 11.6 Å². The zero-order chi connectivity index (χ0) is 16.5. The molecule has 0 saturated heterocycles. The molecule has 0 aliphatic heterocycles. The summed E-state index contributed by atoms with van der Waals surface area (Å²) in [6.45, 7) is 3.39. The second-order valence-corrected chi connectivity index (χ2v) is 5.53. The van der Waals surface area contributed by atoms with Crippen molar-refractivity contribution in [2.75, 3.05) is 20.1 Å². The summed E-state index contributed by atoms with van der Waals surface area (Å²) < 4.78 is 11.1. The van der Waals surface area contributed by atoms with Gasteiger partial charge in [0, 0.05) is 25.0 Å². The molecule has 2 N–H and O–H groups in total. The zero-order valence-corrected chi connectivity index (χ0v) is 14.1. The maximum atomic E-state index is 5.86. The lowest BCUT2D eigenvalue weighted by Gasteiger charge is -2.17. The molecule has 5 nitrogen and oxygen atoms in total. The van der Waals surface area contributed by atoms with Crippen molar-refractivity contribution in [1.82, 2.24) is 10.6 Å². The van der Waals surface area contributed by atoms with Gasteiger partial charge in [-0.3, -0.25) is 4.99 Å². The zero-order valence-electron chi connectivity index (χ0n) is 13.4. The fourth-order valence-corrected chi connectivity index (χ4v) is 2.13.